The number of aromatic nitrogens is 1. The molecular weight excluding hydrogens is 400 g/mol. The molecule has 0 unspecified atom stereocenters. The van der Waals surface area contributed by atoms with Gasteiger partial charge in [-0.15, -0.1) is 0 Å². The van der Waals surface area contributed by atoms with Gasteiger partial charge in [-0.05, 0) is 63.0 Å². The molecular formula is C26H36N4O2. The Morgan fingerprint density at radius 1 is 1.09 bits per heavy atom. The van der Waals surface area contributed by atoms with Gasteiger partial charge < -0.3 is 11.1 Å². The van der Waals surface area contributed by atoms with Crippen LogP contribution in [0.25, 0.3) is 10.8 Å². The Balaban J connectivity index is 1.32. The Kier molecular flexibility index (Phi) is 7.09. The van der Waals surface area contributed by atoms with Crippen molar-refractivity contribution < 1.29 is 9.59 Å². The van der Waals surface area contributed by atoms with Gasteiger partial charge in [0.1, 0.15) is 11.6 Å². The zero-order valence-corrected chi connectivity index (χ0v) is 19.3. The number of nitrogen functional groups attached to an aromatic ring is 1. The summed E-state index contributed by atoms with van der Waals surface area (Å²) < 4.78 is 0. The van der Waals surface area contributed by atoms with E-state index in [0.717, 1.165) is 48.4 Å². The number of fused-ring (bicyclic) bond motifs is 1. The summed E-state index contributed by atoms with van der Waals surface area (Å²) in [7, 11) is 0. The third-order valence-corrected chi connectivity index (χ3v) is 7.50. The van der Waals surface area contributed by atoms with E-state index in [2.05, 4.69) is 35.1 Å². The van der Waals surface area contributed by atoms with Crippen molar-refractivity contribution in [3.63, 3.8) is 0 Å². The lowest BCUT2D eigenvalue weighted by molar-refractivity contribution is -0.126. The first-order chi connectivity index (χ1) is 15.4. The second kappa shape index (κ2) is 9.99. The largest absolute Gasteiger partial charge is 0.383 e. The van der Waals surface area contributed by atoms with Crippen molar-refractivity contribution >= 4 is 28.3 Å². The number of nitrogens with one attached hydrogen (secondary N) is 1. The van der Waals surface area contributed by atoms with Crippen LogP contribution in [0.15, 0.2) is 30.5 Å². The maximum absolute atomic E-state index is 13.0. The molecule has 3 N–H and O–H groups in total. The molecule has 4 atom stereocenters. The number of piperidine rings is 1. The number of carbonyl (C=O) groups is 2. The predicted octanol–water partition coefficient (Wildman–Crippen LogP) is 3.87. The number of nitrogens with two attached hydrogens (primary N) is 1. The Morgan fingerprint density at radius 3 is 2.62 bits per heavy atom. The Morgan fingerprint density at radius 2 is 1.84 bits per heavy atom. The molecule has 172 valence electrons. The molecule has 32 heavy (non-hydrogen) atoms. The summed E-state index contributed by atoms with van der Waals surface area (Å²) >= 11 is 0. The highest BCUT2D eigenvalue weighted by Gasteiger charge is 2.34. The van der Waals surface area contributed by atoms with Crippen LogP contribution in [0.3, 0.4) is 0 Å². The van der Waals surface area contributed by atoms with Gasteiger partial charge in [-0.2, -0.15) is 0 Å². The zero-order valence-electron chi connectivity index (χ0n) is 19.3. The number of Topliss-reactive ketones (excluding diaryl/α,β-unsaturated/α-hetero) is 1. The molecule has 6 heteroatoms. The molecule has 1 aromatic heterocycles. The number of amides is 1. The minimum absolute atomic E-state index is 0.0205. The first-order valence-electron chi connectivity index (χ1n) is 12.1. The number of hydrogen-bond donors (Lipinski definition) is 2. The molecule has 2 aromatic rings. The fourth-order valence-electron chi connectivity index (χ4n) is 5.58. The van der Waals surface area contributed by atoms with Gasteiger partial charge in [0.05, 0.1) is 6.54 Å². The highest BCUT2D eigenvalue weighted by molar-refractivity contribution is 5.91. The summed E-state index contributed by atoms with van der Waals surface area (Å²) in [5.41, 5.74) is 7.07. The van der Waals surface area contributed by atoms with Crippen LogP contribution in [0.5, 0.6) is 0 Å². The highest BCUT2D eigenvalue weighted by Crippen LogP contribution is 2.29. The lowest BCUT2D eigenvalue weighted by Crippen LogP contribution is -2.51. The van der Waals surface area contributed by atoms with Crippen molar-refractivity contribution in [2.75, 3.05) is 12.3 Å². The number of nitrogens with zero attached hydrogens (tertiary/aromatic N) is 2. The SMILES string of the molecule is C[C@@H]1CCC[C@H](C)N1CC(=O)N[C@H]1CCC[C@@H]1C(=O)CCc1ccc2c(N)nccc2c1. The maximum Gasteiger partial charge on any atom is 0.234 e. The van der Waals surface area contributed by atoms with E-state index in [1.54, 1.807) is 6.20 Å². The monoisotopic (exact) mass is 436 g/mol. The number of hydrogen-bond acceptors (Lipinski definition) is 5. The van der Waals surface area contributed by atoms with Crippen molar-refractivity contribution in [1.29, 1.82) is 0 Å². The van der Waals surface area contributed by atoms with Gasteiger partial charge in [0.15, 0.2) is 0 Å². The molecule has 1 aliphatic heterocycles. The number of likely N-dealkylation sites (tertiary alicyclic amines) is 1. The van der Waals surface area contributed by atoms with Gasteiger partial charge in [-0.3, -0.25) is 14.5 Å². The molecule has 1 saturated heterocycles. The zero-order chi connectivity index (χ0) is 22.7. The second-order valence-corrected chi connectivity index (χ2v) is 9.73. The molecule has 4 rings (SSSR count). The first kappa shape index (κ1) is 22.7. The molecule has 0 bridgehead atoms. The summed E-state index contributed by atoms with van der Waals surface area (Å²) in [5, 5.41) is 5.20. The summed E-state index contributed by atoms with van der Waals surface area (Å²) in [5.74, 6) is 0.802. The Bertz CT molecular complexity index is 965. The molecule has 0 spiro atoms. The number of ketones is 1. The van der Waals surface area contributed by atoms with E-state index >= 15 is 0 Å². The summed E-state index contributed by atoms with van der Waals surface area (Å²) in [4.78, 5) is 32.2. The van der Waals surface area contributed by atoms with E-state index in [1.807, 2.05) is 18.2 Å². The molecule has 6 nitrogen and oxygen atoms in total. The van der Waals surface area contributed by atoms with Gasteiger partial charge in [0.25, 0.3) is 0 Å². The fourth-order valence-corrected chi connectivity index (χ4v) is 5.58. The van der Waals surface area contributed by atoms with Gasteiger partial charge in [0.2, 0.25) is 5.91 Å². The van der Waals surface area contributed by atoms with Gasteiger partial charge in [-0.1, -0.05) is 31.0 Å². The molecule has 1 amide bonds. The van der Waals surface area contributed by atoms with Crippen LogP contribution >= 0.6 is 0 Å². The number of benzene rings is 1. The minimum atomic E-state index is -0.0598. The van der Waals surface area contributed by atoms with E-state index in [0.29, 0.717) is 37.3 Å². The van der Waals surface area contributed by atoms with Crippen molar-refractivity contribution in [2.45, 2.75) is 83.3 Å². The summed E-state index contributed by atoms with van der Waals surface area (Å²) in [6.07, 6.45) is 9.24. The van der Waals surface area contributed by atoms with Crippen LogP contribution in [0, 0.1) is 5.92 Å². The molecule has 2 aliphatic rings. The lowest BCUT2D eigenvalue weighted by Gasteiger charge is -2.38. The lowest BCUT2D eigenvalue weighted by atomic mass is 9.93. The number of rotatable bonds is 7. The molecule has 0 radical (unpaired) electrons. The van der Waals surface area contributed by atoms with Crippen molar-refractivity contribution in [3.05, 3.63) is 36.0 Å². The van der Waals surface area contributed by atoms with Gasteiger partial charge in [0, 0.05) is 42.0 Å². The van der Waals surface area contributed by atoms with Crippen molar-refractivity contribution in [2.24, 2.45) is 5.92 Å². The number of pyridine rings is 1. The summed E-state index contributed by atoms with van der Waals surface area (Å²) in [6.45, 7) is 4.86. The average Bonchev–Trinajstić information content (AvgIpc) is 3.23. The topological polar surface area (TPSA) is 88.3 Å². The van der Waals surface area contributed by atoms with E-state index in [9.17, 15) is 9.59 Å². The third kappa shape index (κ3) is 5.12. The molecule has 2 heterocycles. The van der Waals surface area contributed by atoms with Crippen LogP contribution in [-0.4, -0.2) is 46.2 Å². The third-order valence-electron chi connectivity index (χ3n) is 7.50. The normalized spacial score (nSPS) is 26.3. The maximum atomic E-state index is 13.0. The standard InChI is InChI=1S/C26H36N4O2/c1-17-5-3-6-18(2)30(17)16-25(32)29-23-8-4-7-22(23)24(31)12-10-19-9-11-21-20(15-19)13-14-28-26(21)27/h9,11,13-15,17-18,22-23H,3-8,10,12,16H2,1-2H3,(H2,27,28)(H,29,32)/t17-,18+,22-,23-/m0/s1. The van der Waals surface area contributed by atoms with Crippen LogP contribution in [-0.2, 0) is 16.0 Å². The number of anilines is 1. The van der Waals surface area contributed by atoms with Crippen LogP contribution in [0.1, 0.15) is 64.4 Å². The molecule has 2 fully saturated rings. The highest BCUT2D eigenvalue weighted by atomic mass is 16.2. The van der Waals surface area contributed by atoms with Gasteiger partial charge in [-0.25, -0.2) is 4.98 Å². The number of aryl methyl sites for hydroxylation is 1. The van der Waals surface area contributed by atoms with Crippen molar-refractivity contribution in [3.8, 4) is 0 Å². The fraction of sp³-hybridized carbons (Fsp3) is 0.577. The van der Waals surface area contributed by atoms with Gasteiger partial charge >= 0.3 is 0 Å². The number of carbonyl (C=O) groups excluding carboxylic acids is 2. The molecule has 1 aromatic carbocycles. The quantitative estimate of drug-likeness (QED) is 0.688. The average molecular weight is 437 g/mol. The van der Waals surface area contributed by atoms with E-state index in [-0.39, 0.29) is 23.7 Å². The first-order valence-corrected chi connectivity index (χ1v) is 12.1. The molecule has 1 saturated carbocycles. The van der Waals surface area contributed by atoms with Crippen molar-refractivity contribution in [1.82, 2.24) is 15.2 Å². The van der Waals surface area contributed by atoms with E-state index in [4.69, 9.17) is 5.73 Å². The summed E-state index contributed by atoms with van der Waals surface area (Å²) in [6, 6.07) is 8.92. The molecule has 1 aliphatic carbocycles. The van der Waals surface area contributed by atoms with E-state index < -0.39 is 0 Å². The van der Waals surface area contributed by atoms with E-state index in [1.165, 1.54) is 6.42 Å². The predicted molar refractivity (Wildman–Crippen MR) is 128 cm³/mol. The minimum Gasteiger partial charge on any atom is -0.383 e. The van der Waals surface area contributed by atoms with Crippen LogP contribution < -0.4 is 11.1 Å². The van der Waals surface area contributed by atoms with Crippen LogP contribution in [0.4, 0.5) is 5.82 Å². The second-order valence-electron chi connectivity index (χ2n) is 9.73. The Hall–Kier alpha value is -2.47. The van der Waals surface area contributed by atoms with Crippen LogP contribution in [0.2, 0.25) is 0 Å². The smallest absolute Gasteiger partial charge is 0.234 e. The Labute approximate surface area is 190 Å².